The average molecular weight is 425 g/mol. The van der Waals surface area contributed by atoms with E-state index in [4.69, 9.17) is 4.74 Å². The first-order valence-corrected chi connectivity index (χ1v) is 11.7. The van der Waals surface area contributed by atoms with Gasteiger partial charge in [0.1, 0.15) is 0 Å². The van der Waals surface area contributed by atoms with E-state index < -0.39 is 0 Å². The minimum Gasteiger partial charge on any atom is -0.466 e. The second kappa shape index (κ2) is 16.4. The van der Waals surface area contributed by atoms with E-state index in [0.29, 0.717) is 13.0 Å². The van der Waals surface area contributed by atoms with Crippen LogP contribution in [0.25, 0.3) is 0 Å². The molecule has 0 unspecified atom stereocenters. The summed E-state index contributed by atoms with van der Waals surface area (Å²) in [5.41, 5.74) is 2.78. The molecule has 0 fully saturated rings. The van der Waals surface area contributed by atoms with Crippen LogP contribution in [0.15, 0.2) is 24.3 Å². The summed E-state index contributed by atoms with van der Waals surface area (Å²) in [5, 5.41) is 1.08. The average Bonchev–Trinajstić information content (AvgIpc) is 2.66. The molecule has 0 aliphatic rings. The van der Waals surface area contributed by atoms with Crippen LogP contribution in [0.5, 0.6) is 0 Å². The Kier molecular flexibility index (Phi) is 14.6. The van der Waals surface area contributed by atoms with Crippen molar-refractivity contribution in [3.05, 3.63) is 35.4 Å². The Labute approximate surface area is 169 Å². The zero-order chi connectivity index (χ0) is 18.9. The molecule has 0 saturated carbocycles. The van der Waals surface area contributed by atoms with Crippen molar-refractivity contribution in [2.45, 2.75) is 90.4 Å². The van der Waals surface area contributed by atoms with Gasteiger partial charge < -0.3 is 4.74 Å². The smallest absolute Gasteiger partial charge is 0.305 e. The summed E-state index contributed by atoms with van der Waals surface area (Å²) >= 11 is 3.44. The first-order chi connectivity index (χ1) is 12.8. The van der Waals surface area contributed by atoms with Crippen molar-refractivity contribution in [1.82, 2.24) is 0 Å². The lowest BCUT2D eigenvalue weighted by Crippen LogP contribution is -2.06. The van der Waals surface area contributed by atoms with E-state index >= 15 is 0 Å². The molecule has 0 saturated heterocycles. The van der Waals surface area contributed by atoms with E-state index in [2.05, 4.69) is 47.1 Å². The molecule has 148 valence electrons. The van der Waals surface area contributed by atoms with Gasteiger partial charge in [0, 0.05) is 11.8 Å². The van der Waals surface area contributed by atoms with Crippen LogP contribution < -0.4 is 0 Å². The van der Waals surface area contributed by atoms with Gasteiger partial charge in [-0.3, -0.25) is 4.79 Å². The van der Waals surface area contributed by atoms with Crippen molar-refractivity contribution < 1.29 is 9.53 Å². The van der Waals surface area contributed by atoms with Crippen LogP contribution in [-0.2, 0) is 22.4 Å². The van der Waals surface area contributed by atoms with E-state index in [1.807, 2.05) is 0 Å². The molecule has 26 heavy (non-hydrogen) atoms. The Bertz CT molecular complexity index is 456. The van der Waals surface area contributed by atoms with Gasteiger partial charge in [-0.1, -0.05) is 85.6 Å². The molecule has 0 aliphatic heterocycles. The second-order valence-electron chi connectivity index (χ2n) is 7.16. The fourth-order valence-electron chi connectivity index (χ4n) is 3.06. The molecule has 0 aliphatic carbocycles. The number of ether oxygens (including phenoxy) is 1. The van der Waals surface area contributed by atoms with Gasteiger partial charge >= 0.3 is 5.97 Å². The number of hydrogen-bond donors (Lipinski definition) is 0. The minimum atomic E-state index is -0.0343. The first-order valence-electron chi connectivity index (χ1n) is 10.6. The fraction of sp³-hybridized carbons (Fsp3) is 0.696. The third-order valence-corrected chi connectivity index (χ3v) is 5.29. The number of carbonyl (C=O) groups is 1. The van der Waals surface area contributed by atoms with Gasteiger partial charge in [0.25, 0.3) is 0 Å². The minimum absolute atomic E-state index is 0.0343. The second-order valence-corrected chi connectivity index (χ2v) is 7.95. The normalized spacial score (nSPS) is 10.8. The van der Waals surface area contributed by atoms with Crippen LogP contribution >= 0.6 is 15.9 Å². The number of rotatable bonds is 16. The summed E-state index contributed by atoms with van der Waals surface area (Å²) in [6.07, 6.45) is 14.7. The summed E-state index contributed by atoms with van der Waals surface area (Å²) in [6, 6.07) is 8.96. The topological polar surface area (TPSA) is 26.3 Å². The lowest BCUT2D eigenvalue weighted by Gasteiger charge is -2.06. The first kappa shape index (κ1) is 23.2. The standard InChI is InChI=1S/C23H37BrO2/c1-2-3-4-8-12-21-15-17-22(18-16-21)13-11-20-26-23(25)14-9-6-5-7-10-19-24/h15-18H,2-14,19-20H2,1H3. The largest absolute Gasteiger partial charge is 0.466 e. The van der Waals surface area contributed by atoms with E-state index in [9.17, 15) is 4.79 Å². The maximum atomic E-state index is 11.7. The van der Waals surface area contributed by atoms with E-state index in [-0.39, 0.29) is 5.97 Å². The van der Waals surface area contributed by atoms with Gasteiger partial charge in [0.2, 0.25) is 0 Å². The molecule has 1 aromatic carbocycles. The van der Waals surface area contributed by atoms with E-state index in [1.54, 1.807) is 0 Å². The number of esters is 1. The lowest BCUT2D eigenvalue weighted by atomic mass is 10.0. The summed E-state index contributed by atoms with van der Waals surface area (Å²) in [4.78, 5) is 11.7. The Morgan fingerprint density at radius 1 is 0.808 bits per heavy atom. The van der Waals surface area contributed by atoms with E-state index in [0.717, 1.165) is 31.0 Å². The van der Waals surface area contributed by atoms with Crippen LogP contribution in [0.4, 0.5) is 0 Å². The summed E-state index contributed by atoms with van der Waals surface area (Å²) in [6.45, 7) is 2.79. The van der Waals surface area contributed by atoms with Crippen molar-refractivity contribution in [3.63, 3.8) is 0 Å². The monoisotopic (exact) mass is 424 g/mol. The maximum absolute atomic E-state index is 11.7. The highest BCUT2D eigenvalue weighted by molar-refractivity contribution is 9.09. The molecule has 0 spiro atoms. The number of halogens is 1. The zero-order valence-electron chi connectivity index (χ0n) is 16.6. The molecule has 0 radical (unpaired) electrons. The Hall–Kier alpha value is -0.830. The Balaban J connectivity index is 2.03. The Morgan fingerprint density at radius 2 is 1.38 bits per heavy atom. The molecule has 3 heteroatoms. The van der Waals surface area contributed by atoms with Crippen LogP contribution in [0.2, 0.25) is 0 Å². The highest BCUT2D eigenvalue weighted by Crippen LogP contribution is 2.11. The quantitative estimate of drug-likeness (QED) is 0.162. The van der Waals surface area contributed by atoms with Crippen LogP contribution in [0, 0.1) is 0 Å². The highest BCUT2D eigenvalue weighted by atomic mass is 79.9. The molecule has 0 N–H and O–H groups in total. The number of carbonyl (C=O) groups excluding carboxylic acids is 1. The molecule has 1 rings (SSSR count). The predicted octanol–water partition coefficient (Wildman–Crippen LogP) is 7.02. The molecular formula is C23H37BrO2. The van der Waals surface area contributed by atoms with Gasteiger partial charge in [-0.2, -0.15) is 0 Å². The highest BCUT2D eigenvalue weighted by Gasteiger charge is 2.03. The van der Waals surface area contributed by atoms with Crippen LogP contribution in [0.1, 0.15) is 88.7 Å². The number of benzene rings is 1. The third kappa shape index (κ3) is 12.5. The number of aryl methyl sites for hydroxylation is 2. The van der Waals surface area contributed by atoms with Crippen molar-refractivity contribution >= 4 is 21.9 Å². The summed E-state index contributed by atoms with van der Waals surface area (Å²) in [7, 11) is 0. The lowest BCUT2D eigenvalue weighted by molar-refractivity contribution is -0.143. The Morgan fingerprint density at radius 3 is 2.04 bits per heavy atom. The summed E-state index contributed by atoms with van der Waals surface area (Å²) < 4.78 is 5.34. The molecule has 0 amide bonds. The van der Waals surface area contributed by atoms with Gasteiger partial charge in [-0.15, -0.1) is 0 Å². The van der Waals surface area contributed by atoms with Crippen molar-refractivity contribution in [2.24, 2.45) is 0 Å². The molecular weight excluding hydrogens is 388 g/mol. The molecule has 0 aromatic heterocycles. The fourth-order valence-corrected chi connectivity index (χ4v) is 3.45. The van der Waals surface area contributed by atoms with Crippen molar-refractivity contribution in [2.75, 3.05) is 11.9 Å². The van der Waals surface area contributed by atoms with E-state index in [1.165, 1.54) is 62.5 Å². The third-order valence-electron chi connectivity index (χ3n) is 4.73. The van der Waals surface area contributed by atoms with Gasteiger partial charge in [0.05, 0.1) is 6.61 Å². The molecule has 0 atom stereocenters. The number of alkyl halides is 1. The van der Waals surface area contributed by atoms with Crippen LogP contribution in [0.3, 0.4) is 0 Å². The summed E-state index contributed by atoms with van der Waals surface area (Å²) in [5.74, 6) is -0.0343. The SMILES string of the molecule is CCCCCCc1ccc(CCCOC(=O)CCCCCCCBr)cc1. The predicted molar refractivity (Wildman–Crippen MR) is 115 cm³/mol. The van der Waals surface area contributed by atoms with Gasteiger partial charge in [-0.25, -0.2) is 0 Å². The molecule has 0 heterocycles. The van der Waals surface area contributed by atoms with Crippen molar-refractivity contribution in [1.29, 1.82) is 0 Å². The van der Waals surface area contributed by atoms with Gasteiger partial charge in [-0.05, 0) is 49.7 Å². The molecule has 0 bridgehead atoms. The number of hydrogen-bond acceptors (Lipinski definition) is 2. The number of unbranched alkanes of at least 4 members (excludes halogenated alkanes) is 7. The van der Waals surface area contributed by atoms with Gasteiger partial charge in [0.15, 0.2) is 0 Å². The zero-order valence-corrected chi connectivity index (χ0v) is 18.2. The molecule has 1 aromatic rings. The van der Waals surface area contributed by atoms with Crippen molar-refractivity contribution in [3.8, 4) is 0 Å². The maximum Gasteiger partial charge on any atom is 0.305 e. The molecule has 2 nitrogen and oxygen atoms in total. The van der Waals surface area contributed by atoms with Crippen LogP contribution in [-0.4, -0.2) is 17.9 Å².